The first kappa shape index (κ1) is 21.9. The maximum absolute atomic E-state index is 13.1. The van der Waals surface area contributed by atoms with Gasteiger partial charge >= 0.3 is 5.97 Å². The topological polar surface area (TPSA) is 75.4 Å². The van der Waals surface area contributed by atoms with Gasteiger partial charge in [-0.3, -0.25) is 14.5 Å². The molecule has 162 valence electrons. The van der Waals surface area contributed by atoms with E-state index in [1.165, 1.54) is 16.7 Å². The van der Waals surface area contributed by atoms with Crippen molar-refractivity contribution in [3.63, 3.8) is 0 Å². The first-order valence-electron chi connectivity index (χ1n) is 9.72. The van der Waals surface area contributed by atoms with Crippen molar-refractivity contribution < 1.29 is 14.7 Å². The number of benzene rings is 1. The van der Waals surface area contributed by atoms with E-state index in [9.17, 15) is 14.7 Å². The fourth-order valence-corrected chi connectivity index (χ4v) is 5.83. The third kappa shape index (κ3) is 4.24. The summed E-state index contributed by atoms with van der Waals surface area (Å²) in [5.41, 5.74) is 3.14. The molecular weight excluding hydrogens is 454 g/mol. The van der Waals surface area contributed by atoms with Crippen molar-refractivity contribution in [2.75, 3.05) is 17.2 Å². The van der Waals surface area contributed by atoms with Gasteiger partial charge in [0.05, 0.1) is 22.4 Å². The summed E-state index contributed by atoms with van der Waals surface area (Å²) in [5.74, 6) is -0.646. The monoisotopic (exact) mass is 475 g/mol. The maximum atomic E-state index is 13.1. The zero-order valence-corrected chi connectivity index (χ0v) is 19.7. The molecule has 0 aliphatic carbocycles. The molecule has 1 unspecified atom stereocenters. The Morgan fingerprint density at radius 3 is 2.71 bits per heavy atom. The number of hydrogen-bond donors (Lipinski definition) is 1. The molecule has 1 amide bonds. The Labute approximate surface area is 193 Å². The van der Waals surface area contributed by atoms with Crippen LogP contribution in [-0.4, -0.2) is 39.1 Å². The Morgan fingerprint density at radius 2 is 2.10 bits per heavy atom. The lowest BCUT2D eigenvalue weighted by molar-refractivity contribution is -0.136. The molecule has 1 atom stereocenters. The van der Waals surface area contributed by atoms with Crippen LogP contribution in [0, 0.1) is 0 Å². The molecule has 3 aromatic rings. The first-order valence-corrected chi connectivity index (χ1v) is 12.1. The summed E-state index contributed by atoms with van der Waals surface area (Å²) in [5, 5.41) is 19.0. The number of amides is 1. The standard InChI is InChI=1S/C22H22ClN3O3S2/c1-22(2,3)20-18-19(13-7-8-30-11-13)31-12-16(27)25(10-17(28)29)21(18)26(24-20)15-6-4-5-14(23)9-15/h4-9,11,19H,10,12H2,1-3H3,(H,28,29). The average molecular weight is 476 g/mol. The number of aliphatic carboxylic acids is 1. The SMILES string of the molecule is CC(C)(C)c1nn(-c2cccc(Cl)c2)c2c1C(c1ccsc1)SCC(=O)N2CC(=O)O. The molecule has 0 radical (unpaired) electrons. The fraction of sp³-hybridized carbons (Fsp3) is 0.318. The van der Waals surface area contributed by atoms with Crippen LogP contribution in [0.25, 0.3) is 5.69 Å². The van der Waals surface area contributed by atoms with Crippen LogP contribution in [0.3, 0.4) is 0 Å². The Morgan fingerprint density at radius 1 is 1.32 bits per heavy atom. The zero-order valence-electron chi connectivity index (χ0n) is 17.3. The number of hydrogen-bond acceptors (Lipinski definition) is 5. The molecular formula is C22H22ClN3O3S2. The van der Waals surface area contributed by atoms with Gasteiger partial charge < -0.3 is 5.11 Å². The highest BCUT2D eigenvalue weighted by Gasteiger charge is 2.40. The molecule has 0 fully saturated rings. The molecule has 1 aliphatic rings. The summed E-state index contributed by atoms with van der Waals surface area (Å²) in [6.45, 7) is 5.78. The van der Waals surface area contributed by atoms with Crippen LogP contribution in [0.4, 0.5) is 5.82 Å². The minimum atomic E-state index is -1.07. The second-order valence-electron chi connectivity index (χ2n) is 8.35. The quantitative estimate of drug-likeness (QED) is 0.565. The van der Waals surface area contributed by atoms with Crippen molar-refractivity contribution in [3.05, 3.63) is 62.9 Å². The summed E-state index contributed by atoms with van der Waals surface area (Å²) in [4.78, 5) is 26.2. The van der Waals surface area contributed by atoms with E-state index in [0.717, 1.165) is 16.8 Å². The summed E-state index contributed by atoms with van der Waals surface area (Å²) in [7, 11) is 0. The van der Waals surface area contributed by atoms with Crippen LogP contribution in [0.5, 0.6) is 0 Å². The van der Waals surface area contributed by atoms with Crippen LogP contribution in [0.2, 0.25) is 5.02 Å². The number of carbonyl (C=O) groups excluding carboxylic acids is 1. The number of carboxylic acids is 1. The van der Waals surface area contributed by atoms with E-state index >= 15 is 0 Å². The summed E-state index contributed by atoms with van der Waals surface area (Å²) in [6.07, 6.45) is 0. The average Bonchev–Trinajstić information content (AvgIpc) is 3.32. The molecule has 4 rings (SSSR count). The van der Waals surface area contributed by atoms with E-state index in [-0.39, 0.29) is 22.3 Å². The molecule has 9 heteroatoms. The van der Waals surface area contributed by atoms with Crippen molar-refractivity contribution in [1.82, 2.24) is 9.78 Å². The van der Waals surface area contributed by atoms with E-state index < -0.39 is 12.5 Å². The van der Waals surface area contributed by atoms with E-state index in [0.29, 0.717) is 16.5 Å². The van der Waals surface area contributed by atoms with Gasteiger partial charge in [0.1, 0.15) is 12.4 Å². The molecule has 2 aromatic heterocycles. The third-order valence-electron chi connectivity index (χ3n) is 4.99. The zero-order chi connectivity index (χ0) is 22.3. The van der Waals surface area contributed by atoms with Crippen LogP contribution < -0.4 is 4.90 Å². The minimum absolute atomic E-state index is 0.133. The van der Waals surface area contributed by atoms with Crippen molar-refractivity contribution in [2.45, 2.75) is 31.4 Å². The summed E-state index contributed by atoms with van der Waals surface area (Å²) in [6, 6.07) is 9.25. The van der Waals surface area contributed by atoms with Gasteiger partial charge in [0.2, 0.25) is 5.91 Å². The number of anilines is 1. The lowest BCUT2D eigenvalue weighted by atomic mass is 9.87. The highest BCUT2D eigenvalue weighted by Crippen LogP contribution is 2.48. The molecule has 0 saturated heterocycles. The molecule has 1 aromatic carbocycles. The van der Waals surface area contributed by atoms with Crippen molar-refractivity contribution in [3.8, 4) is 5.69 Å². The smallest absolute Gasteiger partial charge is 0.323 e. The van der Waals surface area contributed by atoms with Crippen LogP contribution >= 0.6 is 34.7 Å². The first-order chi connectivity index (χ1) is 14.7. The molecule has 1 N–H and O–H groups in total. The Kier molecular flexibility index (Phi) is 5.89. The highest BCUT2D eigenvalue weighted by molar-refractivity contribution is 8.00. The molecule has 1 aliphatic heterocycles. The van der Waals surface area contributed by atoms with Crippen LogP contribution in [0.1, 0.15) is 42.8 Å². The molecule has 0 spiro atoms. The Hall–Kier alpha value is -2.29. The number of carboxylic acid groups (broad SMARTS) is 1. The van der Waals surface area contributed by atoms with Gasteiger partial charge in [-0.1, -0.05) is 38.4 Å². The number of rotatable bonds is 4. The van der Waals surface area contributed by atoms with Crippen LogP contribution in [-0.2, 0) is 15.0 Å². The molecule has 0 saturated carbocycles. The number of thioether (sulfide) groups is 1. The van der Waals surface area contributed by atoms with E-state index in [4.69, 9.17) is 16.7 Å². The highest BCUT2D eigenvalue weighted by atomic mass is 35.5. The molecule has 31 heavy (non-hydrogen) atoms. The summed E-state index contributed by atoms with van der Waals surface area (Å²) < 4.78 is 1.67. The van der Waals surface area contributed by atoms with Gasteiger partial charge in [-0.2, -0.15) is 16.4 Å². The largest absolute Gasteiger partial charge is 0.480 e. The lowest BCUT2D eigenvalue weighted by Crippen LogP contribution is -2.38. The second-order valence-corrected chi connectivity index (χ2v) is 10.7. The summed E-state index contributed by atoms with van der Waals surface area (Å²) >= 11 is 9.35. The van der Waals surface area contributed by atoms with Gasteiger partial charge in [0.25, 0.3) is 0 Å². The number of aromatic nitrogens is 2. The molecule has 3 heterocycles. The van der Waals surface area contributed by atoms with Gasteiger partial charge in [-0.15, -0.1) is 11.8 Å². The van der Waals surface area contributed by atoms with E-state index in [2.05, 4.69) is 26.2 Å². The third-order valence-corrected chi connectivity index (χ3v) is 7.18. The van der Waals surface area contributed by atoms with Crippen molar-refractivity contribution in [1.29, 1.82) is 0 Å². The number of nitrogens with zero attached hydrogens (tertiary/aromatic N) is 3. The lowest BCUT2D eigenvalue weighted by Gasteiger charge is -2.23. The van der Waals surface area contributed by atoms with E-state index in [1.807, 2.05) is 23.6 Å². The second kappa shape index (κ2) is 8.33. The van der Waals surface area contributed by atoms with Crippen molar-refractivity contribution in [2.24, 2.45) is 0 Å². The van der Waals surface area contributed by atoms with E-state index in [1.54, 1.807) is 28.2 Å². The predicted molar refractivity (Wildman–Crippen MR) is 126 cm³/mol. The fourth-order valence-electron chi connectivity index (χ4n) is 3.68. The predicted octanol–water partition coefficient (Wildman–Crippen LogP) is 5.14. The number of fused-ring (bicyclic) bond motifs is 1. The van der Waals surface area contributed by atoms with Gasteiger partial charge in [-0.25, -0.2) is 4.68 Å². The number of carbonyl (C=O) groups is 2. The maximum Gasteiger partial charge on any atom is 0.323 e. The minimum Gasteiger partial charge on any atom is -0.480 e. The molecule has 6 nitrogen and oxygen atoms in total. The number of halogens is 1. The Balaban J connectivity index is 2.07. The van der Waals surface area contributed by atoms with Gasteiger partial charge in [-0.05, 0) is 40.6 Å². The van der Waals surface area contributed by atoms with Gasteiger partial charge in [0.15, 0.2) is 0 Å². The van der Waals surface area contributed by atoms with Gasteiger partial charge in [0, 0.05) is 16.0 Å². The normalized spacial score (nSPS) is 16.8. The number of thiophene rings is 1. The molecule has 0 bridgehead atoms. The van der Waals surface area contributed by atoms with Crippen molar-refractivity contribution >= 4 is 52.4 Å². The van der Waals surface area contributed by atoms with Crippen LogP contribution in [0.15, 0.2) is 41.1 Å². The Bertz CT molecular complexity index is 1140.